The number of aromatic carboxylic acids is 1. The summed E-state index contributed by atoms with van der Waals surface area (Å²) in [6, 6.07) is 2.74. The Labute approximate surface area is 115 Å². The molecule has 0 spiro atoms. The zero-order valence-electron chi connectivity index (χ0n) is 10.9. The highest BCUT2D eigenvalue weighted by atomic mass is 16.4. The molecule has 0 unspecified atom stereocenters. The van der Waals surface area contributed by atoms with Crippen molar-refractivity contribution in [2.75, 3.05) is 6.54 Å². The Hall–Kier alpha value is -2.70. The van der Waals surface area contributed by atoms with E-state index in [9.17, 15) is 9.59 Å². The number of amides is 1. The number of nitrogens with zero attached hydrogens (tertiary/aromatic N) is 3. The lowest BCUT2D eigenvalue weighted by Gasteiger charge is -2.05. The van der Waals surface area contributed by atoms with E-state index in [4.69, 9.17) is 5.11 Å². The second kappa shape index (κ2) is 5.96. The first-order valence-electron chi connectivity index (χ1n) is 6.01. The van der Waals surface area contributed by atoms with Gasteiger partial charge in [0.15, 0.2) is 0 Å². The zero-order valence-corrected chi connectivity index (χ0v) is 10.9. The number of hydrogen-bond acceptors (Lipinski definition) is 4. The van der Waals surface area contributed by atoms with Gasteiger partial charge in [-0.05, 0) is 12.1 Å². The Bertz CT molecular complexity index is 619. The summed E-state index contributed by atoms with van der Waals surface area (Å²) in [5, 5.41) is 11.4. The summed E-state index contributed by atoms with van der Waals surface area (Å²) in [4.78, 5) is 30.4. The molecule has 0 saturated heterocycles. The number of carboxylic acid groups (broad SMARTS) is 1. The Morgan fingerprint density at radius 3 is 2.70 bits per heavy atom. The van der Waals surface area contributed by atoms with E-state index < -0.39 is 5.97 Å². The number of hydrogen-bond donors (Lipinski definition) is 2. The Balaban J connectivity index is 1.88. The van der Waals surface area contributed by atoms with Crippen LogP contribution in [0.15, 0.2) is 30.7 Å². The second-order valence-electron chi connectivity index (χ2n) is 4.20. The number of imidazole rings is 1. The fourth-order valence-electron chi connectivity index (χ4n) is 1.67. The van der Waals surface area contributed by atoms with Crippen molar-refractivity contribution in [3.63, 3.8) is 0 Å². The van der Waals surface area contributed by atoms with Crippen LogP contribution < -0.4 is 5.32 Å². The summed E-state index contributed by atoms with van der Waals surface area (Å²) < 4.78 is 1.88. The number of carbonyl (C=O) groups is 2. The monoisotopic (exact) mass is 274 g/mol. The van der Waals surface area contributed by atoms with Crippen LogP contribution in [0.5, 0.6) is 0 Å². The molecule has 0 atom stereocenters. The second-order valence-corrected chi connectivity index (χ2v) is 4.20. The van der Waals surface area contributed by atoms with Gasteiger partial charge in [0, 0.05) is 38.6 Å². The highest BCUT2D eigenvalue weighted by Gasteiger charge is 2.09. The van der Waals surface area contributed by atoms with Gasteiger partial charge < -0.3 is 15.0 Å². The molecule has 2 aromatic rings. The van der Waals surface area contributed by atoms with Gasteiger partial charge in [-0.15, -0.1) is 0 Å². The molecule has 0 aliphatic carbocycles. The first-order chi connectivity index (χ1) is 9.58. The lowest BCUT2D eigenvalue weighted by molar-refractivity contribution is 0.0695. The lowest BCUT2D eigenvalue weighted by atomic mass is 10.2. The summed E-state index contributed by atoms with van der Waals surface area (Å²) in [5.41, 5.74) is 0.240. The molecule has 0 radical (unpaired) electrons. The summed E-state index contributed by atoms with van der Waals surface area (Å²) in [6.07, 6.45) is 5.31. The SMILES string of the molecule is Cn1ccnc1CCNC(=O)c1ccc(C(=O)O)cn1. The van der Waals surface area contributed by atoms with Gasteiger partial charge >= 0.3 is 5.97 Å². The van der Waals surface area contributed by atoms with Crippen LogP contribution in [0.3, 0.4) is 0 Å². The number of nitrogens with one attached hydrogen (secondary N) is 1. The molecule has 2 aromatic heterocycles. The Morgan fingerprint density at radius 2 is 2.15 bits per heavy atom. The van der Waals surface area contributed by atoms with Crippen molar-refractivity contribution >= 4 is 11.9 Å². The largest absolute Gasteiger partial charge is 0.478 e. The highest BCUT2D eigenvalue weighted by molar-refractivity contribution is 5.93. The first-order valence-corrected chi connectivity index (χ1v) is 6.01. The normalized spacial score (nSPS) is 10.2. The molecule has 0 saturated carbocycles. The summed E-state index contributed by atoms with van der Waals surface area (Å²) in [5.74, 6) is -0.533. The molecule has 2 N–H and O–H groups in total. The quantitative estimate of drug-likeness (QED) is 0.826. The van der Waals surface area contributed by atoms with Gasteiger partial charge in [0.1, 0.15) is 11.5 Å². The molecular formula is C13H14N4O3. The Kier molecular flexibility index (Phi) is 4.09. The van der Waals surface area contributed by atoms with E-state index in [0.29, 0.717) is 13.0 Å². The van der Waals surface area contributed by atoms with Crippen LogP contribution in [-0.4, -0.2) is 38.1 Å². The molecule has 0 aromatic carbocycles. The van der Waals surface area contributed by atoms with Crippen LogP contribution in [0.25, 0.3) is 0 Å². The minimum Gasteiger partial charge on any atom is -0.478 e. The summed E-state index contributed by atoms with van der Waals surface area (Å²) >= 11 is 0. The minimum atomic E-state index is -1.07. The van der Waals surface area contributed by atoms with Crippen molar-refractivity contribution in [1.82, 2.24) is 19.9 Å². The van der Waals surface area contributed by atoms with Crippen molar-refractivity contribution in [2.24, 2.45) is 7.05 Å². The molecule has 2 heterocycles. The topological polar surface area (TPSA) is 97.1 Å². The maximum Gasteiger partial charge on any atom is 0.337 e. The average Bonchev–Trinajstić information content (AvgIpc) is 2.84. The van der Waals surface area contributed by atoms with Crippen molar-refractivity contribution < 1.29 is 14.7 Å². The molecule has 104 valence electrons. The number of aromatic nitrogens is 3. The van der Waals surface area contributed by atoms with E-state index in [2.05, 4.69) is 15.3 Å². The molecule has 1 amide bonds. The fraction of sp³-hybridized carbons (Fsp3) is 0.231. The third-order valence-electron chi connectivity index (χ3n) is 2.80. The molecule has 20 heavy (non-hydrogen) atoms. The van der Waals surface area contributed by atoms with E-state index in [0.717, 1.165) is 12.0 Å². The summed E-state index contributed by atoms with van der Waals surface area (Å²) in [7, 11) is 1.89. The van der Waals surface area contributed by atoms with Crippen LogP contribution in [0.4, 0.5) is 0 Å². The van der Waals surface area contributed by atoms with E-state index >= 15 is 0 Å². The van der Waals surface area contributed by atoms with Gasteiger partial charge in [0.2, 0.25) is 0 Å². The average molecular weight is 274 g/mol. The lowest BCUT2D eigenvalue weighted by Crippen LogP contribution is -2.27. The van der Waals surface area contributed by atoms with Crippen LogP contribution in [0.2, 0.25) is 0 Å². The summed E-state index contributed by atoms with van der Waals surface area (Å²) in [6.45, 7) is 0.437. The molecule has 2 rings (SSSR count). The molecule has 7 heteroatoms. The van der Waals surface area contributed by atoms with Crippen molar-refractivity contribution in [3.05, 3.63) is 47.8 Å². The van der Waals surface area contributed by atoms with E-state index in [1.54, 1.807) is 6.20 Å². The molecule has 7 nitrogen and oxygen atoms in total. The van der Waals surface area contributed by atoms with E-state index in [1.165, 1.54) is 12.1 Å². The predicted octanol–water partition coefficient (Wildman–Crippen LogP) is 0.486. The van der Waals surface area contributed by atoms with Gasteiger partial charge in [0.05, 0.1) is 5.56 Å². The predicted molar refractivity (Wildman–Crippen MR) is 70.4 cm³/mol. The molecular weight excluding hydrogens is 260 g/mol. The fourth-order valence-corrected chi connectivity index (χ4v) is 1.67. The van der Waals surface area contributed by atoms with Gasteiger partial charge in [-0.1, -0.05) is 0 Å². The minimum absolute atomic E-state index is 0.0505. The number of rotatable bonds is 5. The van der Waals surface area contributed by atoms with Crippen LogP contribution >= 0.6 is 0 Å². The van der Waals surface area contributed by atoms with Gasteiger partial charge in [0.25, 0.3) is 5.91 Å². The van der Waals surface area contributed by atoms with Crippen molar-refractivity contribution in [2.45, 2.75) is 6.42 Å². The maximum absolute atomic E-state index is 11.8. The van der Waals surface area contributed by atoms with Crippen LogP contribution in [0.1, 0.15) is 26.7 Å². The van der Waals surface area contributed by atoms with Gasteiger partial charge in [-0.25, -0.2) is 9.78 Å². The smallest absolute Gasteiger partial charge is 0.337 e. The van der Waals surface area contributed by atoms with E-state index in [1.807, 2.05) is 17.8 Å². The van der Waals surface area contributed by atoms with Crippen molar-refractivity contribution in [1.29, 1.82) is 0 Å². The number of carbonyl (C=O) groups excluding carboxylic acids is 1. The first kappa shape index (κ1) is 13.7. The van der Waals surface area contributed by atoms with Crippen molar-refractivity contribution in [3.8, 4) is 0 Å². The Morgan fingerprint density at radius 1 is 1.35 bits per heavy atom. The molecule has 0 aliphatic heterocycles. The highest BCUT2D eigenvalue weighted by Crippen LogP contribution is 2.00. The van der Waals surface area contributed by atoms with E-state index in [-0.39, 0.29) is 17.2 Å². The third kappa shape index (κ3) is 3.19. The maximum atomic E-state index is 11.8. The number of aryl methyl sites for hydroxylation is 1. The van der Waals surface area contributed by atoms with Crippen LogP contribution in [-0.2, 0) is 13.5 Å². The standard InChI is InChI=1S/C13H14N4O3/c1-17-7-6-14-11(17)4-5-15-12(18)10-3-2-9(8-16-10)13(19)20/h2-3,6-8H,4-5H2,1H3,(H,15,18)(H,19,20). The zero-order chi connectivity index (χ0) is 14.5. The number of carboxylic acids is 1. The van der Waals surface area contributed by atoms with Crippen LogP contribution in [0, 0.1) is 0 Å². The van der Waals surface area contributed by atoms with Gasteiger partial charge in [-0.2, -0.15) is 0 Å². The molecule has 0 bridgehead atoms. The number of pyridine rings is 1. The van der Waals surface area contributed by atoms with Gasteiger partial charge in [-0.3, -0.25) is 9.78 Å². The molecule has 0 fully saturated rings. The third-order valence-corrected chi connectivity index (χ3v) is 2.80. The molecule has 0 aliphatic rings.